The predicted molar refractivity (Wildman–Crippen MR) is 99.3 cm³/mol. The number of anilines is 1. The van der Waals surface area contributed by atoms with E-state index in [1.807, 2.05) is 18.2 Å². The number of carbonyl (C=O) groups excluding carboxylic acids is 1. The van der Waals surface area contributed by atoms with Gasteiger partial charge in [0.1, 0.15) is 5.75 Å². The lowest BCUT2D eigenvalue weighted by atomic mass is 9.97. The molecule has 3 aliphatic rings. The normalized spacial score (nSPS) is 16.1. The van der Waals surface area contributed by atoms with Crippen LogP contribution in [0.1, 0.15) is 5.56 Å². The van der Waals surface area contributed by atoms with Gasteiger partial charge in [-0.05, 0) is 47.9 Å². The van der Waals surface area contributed by atoms with E-state index in [0.29, 0.717) is 5.75 Å². The second-order valence-electron chi connectivity index (χ2n) is 6.97. The molecule has 27 heavy (non-hydrogen) atoms. The molecular formula is C21H16N2O4. The van der Waals surface area contributed by atoms with E-state index >= 15 is 0 Å². The molecule has 6 rings (SSSR count). The Morgan fingerprint density at radius 1 is 0.926 bits per heavy atom. The fraction of sp³-hybridized carbons (Fsp3) is 0.190. The van der Waals surface area contributed by atoms with Crippen molar-refractivity contribution in [3.8, 4) is 39.6 Å². The first-order valence-electron chi connectivity index (χ1n) is 8.95. The topological polar surface area (TPSA) is 61.7 Å². The Bertz CT molecular complexity index is 1120. The SMILES string of the molecule is O=C1COc2ccc(-c3cc4n(c3)CCc3cc5c(cc3-4)OCO5)cc2N1. The Morgan fingerprint density at radius 2 is 1.81 bits per heavy atom. The van der Waals surface area contributed by atoms with Gasteiger partial charge in [0.15, 0.2) is 18.1 Å². The average molecular weight is 360 g/mol. The average Bonchev–Trinajstić information content (AvgIpc) is 3.32. The van der Waals surface area contributed by atoms with E-state index in [1.165, 1.54) is 16.8 Å². The lowest BCUT2D eigenvalue weighted by Gasteiger charge is -2.19. The molecule has 3 aliphatic heterocycles. The molecule has 6 nitrogen and oxygen atoms in total. The molecule has 0 spiro atoms. The van der Waals surface area contributed by atoms with Crippen molar-refractivity contribution in [1.29, 1.82) is 0 Å². The molecule has 0 saturated heterocycles. The number of fused-ring (bicyclic) bond motifs is 5. The standard InChI is InChI=1S/C21H16N2O4/c24-21-10-25-18-2-1-12(5-16(18)22-21)14-6-17-15-8-20-19(26-11-27-20)7-13(15)3-4-23(17)9-14/h1-2,5-9H,3-4,10-11H2,(H,22,24). The van der Waals surface area contributed by atoms with Gasteiger partial charge in [0, 0.05) is 29.6 Å². The summed E-state index contributed by atoms with van der Waals surface area (Å²) in [6, 6.07) is 12.3. The number of ether oxygens (including phenoxy) is 3. The first-order valence-corrected chi connectivity index (χ1v) is 8.95. The summed E-state index contributed by atoms with van der Waals surface area (Å²) in [7, 11) is 0. The molecule has 0 unspecified atom stereocenters. The van der Waals surface area contributed by atoms with Gasteiger partial charge in [-0.25, -0.2) is 0 Å². The number of rotatable bonds is 1. The van der Waals surface area contributed by atoms with Crippen molar-refractivity contribution in [2.45, 2.75) is 13.0 Å². The van der Waals surface area contributed by atoms with Crippen molar-refractivity contribution in [2.75, 3.05) is 18.7 Å². The van der Waals surface area contributed by atoms with E-state index in [4.69, 9.17) is 14.2 Å². The van der Waals surface area contributed by atoms with Crippen LogP contribution in [0.4, 0.5) is 5.69 Å². The fourth-order valence-electron chi connectivity index (χ4n) is 4.01. The van der Waals surface area contributed by atoms with E-state index in [-0.39, 0.29) is 19.3 Å². The Balaban J connectivity index is 1.44. The molecule has 3 aromatic rings. The van der Waals surface area contributed by atoms with Crippen molar-refractivity contribution >= 4 is 11.6 Å². The first kappa shape index (κ1) is 14.7. The largest absolute Gasteiger partial charge is 0.482 e. The molecule has 1 N–H and O–H groups in total. The smallest absolute Gasteiger partial charge is 0.262 e. The minimum atomic E-state index is -0.124. The number of nitrogens with zero attached hydrogens (tertiary/aromatic N) is 1. The third-order valence-electron chi connectivity index (χ3n) is 5.34. The van der Waals surface area contributed by atoms with Crippen molar-refractivity contribution in [2.24, 2.45) is 0 Å². The lowest BCUT2D eigenvalue weighted by Crippen LogP contribution is -2.25. The molecule has 4 heterocycles. The maximum atomic E-state index is 11.6. The highest BCUT2D eigenvalue weighted by Crippen LogP contribution is 2.43. The molecule has 0 aliphatic carbocycles. The van der Waals surface area contributed by atoms with E-state index in [0.717, 1.165) is 41.3 Å². The van der Waals surface area contributed by atoms with Crippen molar-refractivity contribution in [3.63, 3.8) is 0 Å². The molecule has 0 saturated carbocycles. The van der Waals surface area contributed by atoms with Gasteiger partial charge in [-0.3, -0.25) is 4.79 Å². The van der Waals surface area contributed by atoms with Crippen molar-refractivity contribution in [3.05, 3.63) is 48.2 Å². The fourth-order valence-corrected chi connectivity index (χ4v) is 4.01. The van der Waals surface area contributed by atoms with E-state index in [1.54, 1.807) is 0 Å². The van der Waals surface area contributed by atoms with Gasteiger partial charge in [-0.2, -0.15) is 0 Å². The van der Waals surface area contributed by atoms with Crippen LogP contribution in [0.25, 0.3) is 22.4 Å². The van der Waals surface area contributed by atoms with Crippen molar-refractivity contribution < 1.29 is 19.0 Å². The molecule has 0 atom stereocenters. The van der Waals surface area contributed by atoms with Gasteiger partial charge in [0.25, 0.3) is 5.91 Å². The second kappa shape index (κ2) is 5.30. The zero-order chi connectivity index (χ0) is 18.0. The van der Waals surface area contributed by atoms with Gasteiger partial charge < -0.3 is 24.1 Å². The van der Waals surface area contributed by atoms with Crippen LogP contribution in [0.15, 0.2) is 42.6 Å². The van der Waals surface area contributed by atoms with E-state index in [2.05, 4.69) is 34.3 Å². The van der Waals surface area contributed by atoms with Crippen LogP contribution in [0.3, 0.4) is 0 Å². The molecule has 1 aromatic heterocycles. The first-order chi connectivity index (χ1) is 13.2. The predicted octanol–water partition coefficient (Wildman–Crippen LogP) is 3.44. The quantitative estimate of drug-likeness (QED) is 0.722. The Labute approximate surface area is 155 Å². The summed E-state index contributed by atoms with van der Waals surface area (Å²) < 4.78 is 18.8. The third kappa shape index (κ3) is 2.23. The maximum absolute atomic E-state index is 11.6. The van der Waals surface area contributed by atoms with Gasteiger partial charge in [0.05, 0.1) is 5.69 Å². The van der Waals surface area contributed by atoms with Crippen LogP contribution in [0.5, 0.6) is 17.2 Å². The zero-order valence-corrected chi connectivity index (χ0v) is 14.5. The number of aryl methyl sites for hydroxylation is 2. The highest BCUT2D eigenvalue weighted by atomic mass is 16.7. The molecule has 1 amide bonds. The van der Waals surface area contributed by atoms with Crippen LogP contribution in [-0.2, 0) is 17.8 Å². The van der Waals surface area contributed by atoms with Crippen LogP contribution in [0.2, 0.25) is 0 Å². The summed E-state index contributed by atoms with van der Waals surface area (Å²) >= 11 is 0. The highest BCUT2D eigenvalue weighted by molar-refractivity contribution is 5.96. The Kier molecular flexibility index (Phi) is 2.89. The second-order valence-corrected chi connectivity index (χ2v) is 6.97. The summed E-state index contributed by atoms with van der Waals surface area (Å²) in [6.07, 6.45) is 3.12. The summed E-state index contributed by atoms with van der Waals surface area (Å²) in [6.45, 7) is 1.28. The van der Waals surface area contributed by atoms with Crippen molar-refractivity contribution in [1.82, 2.24) is 4.57 Å². The van der Waals surface area contributed by atoms with Crippen LogP contribution in [-0.4, -0.2) is 23.9 Å². The maximum Gasteiger partial charge on any atom is 0.262 e. The van der Waals surface area contributed by atoms with E-state index in [9.17, 15) is 4.79 Å². The van der Waals surface area contributed by atoms with Gasteiger partial charge in [-0.1, -0.05) is 6.07 Å². The number of nitrogens with one attached hydrogen (secondary N) is 1. The number of hydrogen-bond donors (Lipinski definition) is 1. The summed E-state index contributed by atoms with van der Waals surface area (Å²) in [5.41, 5.74) is 6.51. The minimum absolute atomic E-state index is 0.0692. The molecule has 0 radical (unpaired) electrons. The summed E-state index contributed by atoms with van der Waals surface area (Å²) in [4.78, 5) is 11.6. The highest BCUT2D eigenvalue weighted by Gasteiger charge is 2.24. The van der Waals surface area contributed by atoms with E-state index < -0.39 is 0 Å². The van der Waals surface area contributed by atoms with Gasteiger partial charge in [0.2, 0.25) is 6.79 Å². The Hall–Kier alpha value is -3.41. The molecule has 134 valence electrons. The third-order valence-corrected chi connectivity index (χ3v) is 5.34. The number of benzene rings is 2. The minimum Gasteiger partial charge on any atom is -0.482 e. The summed E-state index contributed by atoms with van der Waals surface area (Å²) in [5.74, 6) is 2.22. The van der Waals surface area contributed by atoms with Crippen LogP contribution >= 0.6 is 0 Å². The van der Waals surface area contributed by atoms with Gasteiger partial charge >= 0.3 is 0 Å². The molecule has 0 fully saturated rings. The number of hydrogen-bond acceptors (Lipinski definition) is 4. The summed E-state index contributed by atoms with van der Waals surface area (Å²) in [5, 5.41) is 2.87. The molecular weight excluding hydrogens is 344 g/mol. The number of carbonyl (C=O) groups is 1. The zero-order valence-electron chi connectivity index (χ0n) is 14.5. The molecule has 2 aromatic carbocycles. The van der Waals surface area contributed by atoms with Crippen LogP contribution < -0.4 is 19.5 Å². The van der Waals surface area contributed by atoms with Gasteiger partial charge in [-0.15, -0.1) is 0 Å². The Morgan fingerprint density at radius 3 is 2.74 bits per heavy atom. The monoisotopic (exact) mass is 360 g/mol. The number of aromatic nitrogens is 1. The lowest BCUT2D eigenvalue weighted by molar-refractivity contribution is -0.118. The van der Waals surface area contributed by atoms with Crippen LogP contribution in [0, 0.1) is 0 Å². The number of amides is 1. The molecule has 6 heteroatoms. The molecule has 0 bridgehead atoms.